The highest BCUT2D eigenvalue weighted by Crippen LogP contribution is 2.55. The Kier molecular flexibility index (Phi) is 4.72. The van der Waals surface area contributed by atoms with Gasteiger partial charge in [0.05, 0.1) is 13.7 Å². The molecule has 4 aliphatic rings. The Morgan fingerprint density at radius 2 is 1.76 bits per heavy atom. The minimum Gasteiger partial charge on any atom is -0.496 e. The maximum absolute atomic E-state index is 12.3. The zero-order valence-corrected chi connectivity index (χ0v) is 15.2. The zero-order chi connectivity index (χ0) is 17.3. The van der Waals surface area contributed by atoms with Crippen molar-refractivity contribution in [1.82, 2.24) is 10.6 Å². The van der Waals surface area contributed by atoms with Crippen molar-refractivity contribution in [1.29, 1.82) is 0 Å². The molecule has 0 unspecified atom stereocenters. The summed E-state index contributed by atoms with van der Waals surface area (Å²) in [7, 11) is 1.69. The summed E-state index contributed by atoms with van der Waals surface area (Å²) in [5.74, 6) is 3.74. The molecule has 1 aromatic carbocycles. The van der Waals surface area contributed by atoms with Crippen LogP contribution in [0.25, 0.3) is 0 Å². The van der Waals surface area contributed by atoms with Gasteiger partial charge in [-0.2, -0.15) is 0 Å². The van der Waals surface area contributed by atoms with Gasteiger partial charge in [0.25, 0.3) is 0 Å². The number of rotatable bonds is 7. The molecule has 0 radical (unpaired) electrons. The van der Waals surface area contributed by atoms with Crippen LogP contribution in [0, 0.1) is 17.8 Å². The second-order valence-electron chi connectivity index (χ2n) is 8.46. The quantitative estimate of drug-likeness (QED) is 0.801. The van der Waals surface area contributed by atoms with E-state index < -0.39 is 0 Å². The summed E-state index contributed by atoms with van der Waals surface area (Å²) in [6.07, 6.45) is 8.96. The predicted octanol–water partition coefficient (Wildman–Crippen LogP) is 2.91. The Labute approximate surface area is 150 Å². The van der Waals surface area contributed by atoms with Crippen LogP contribution in [-0.4, -0.2) is 31.6 Å². The van der Waals surface area contributed by atoms with Crippen molar-refractivity contribution in [2.24, 2.45) is 17.8 Å². The Morgan fingerprint density at radius 3 is 2.40 bits per heavy atom. The monoisotopic (exact) mass is 342 g/mol. The van der Waals surface area contributed by atoms with E-state index in [1.165, 1.54) is 38.5 Å². The van der Waals surface area contributed by atoms with E-state index in [2.05, 4.69) is 16.7 Å². The van der Waals surface area contributed by atoms with Gasteiger partial charge in [0.2, 0.25) is 5.91 Å². The Balaban J connectivity index is 1.23. The molecule has 5 rings (SSSR count). The number of benzene rings is 1. The topological polar surface area (TPSA) is 50.4 Å². The standard InChI is InChI=1S/C21H30N2O2/c1-25-19-5-3-2-4-18(19)6-7-22-20(24)14-23-21-11-15-8-16(12-21)10-17(9-15)13-21/h2-5,15-17,23H,6-14H2,1H3,(H,22,24). The molecule has 25 heavy (non-hydrogen) atoms. The van der Waals surface area contributed by atoms with E-state index in [0.717, 1.165) is 35.5 Å². The molecule has 4 fully saturated rings. The van der Waals surface area contributed by atoms with Gasteiger partial charge in [0.15, 0.2) is 0 Å². The molecule has 4 nitrogen and oxygen atoms in total. The maximum atomic E-state index is 12.3. The van der Waals surface area contributed by atoms with Crippen LogP contribution < -0.4 is 15.4 Å². The van der Waals surface area contributed by atoms with Gasteiger partial charge < -0.3 is 15.4 Å². The predicted molar refractivity (Wildman–Crippen MR) is 98.6 cm³/mol. The number of hydrogen-bond acceptors (Lipinski definition) is 3. The van der Waals surface area contributed by atoms with Gasteiger partial charge >= 0.3 is 0 Å². The average Bonchev–Trinajstić information content (AvgIpc) is 2.59. The fourth-order valence-electron chi connectivity index (χ4n) is 5.90. The summed E-state index contributed by atoms with van der Waals surface area (Å²) in [5.41, 5.74) is 1.40. The summed E-state index contributed by atoms with van der Waals surface area (Å²) in [6, 6.07) is 8.00. The molecule has 2 N–H and O–H groups in total. The largest absolute Gasteiger partial charge is 0.496 e. The Hall–Kier alpha value is -1.55. The lowest BCUT2D eigenvalue weighted by Gasteiger charge is -2.57. The fraction of sp³-hybridized carbons (Fsp3) is 0.667. The first-order chi connectivity index (χ1) is 12.2. The molecule has 4 heteroatoms. The molecule has 0 heterocycles. The van der Waals surface area contributed by atoms with E-state index in [-0.39, 0.29) is 11.4 Å². The summed E-state index contributed by atoms with van der Waals surface area (Å²) >= 11 is 0. The second-order valence-corrected chi connectivity index (χ2v) is 8.46. The average molecular weight is 342 g/mol. The van der Waals surface area contributed by atoms with Crippen molar-refractivity contribution in [2.45, 2.75) is 50.5 Å². The smallest absolute Gasteiger partial charge is 0.233 e. The molecule has 0 atom stereocenters. The normalized spacial score (nSPS) is 32.6. The number of hydrogen-bond donors (Lipinski definition) is 2. The molecular weight excluding hydrogens is 312 g/mol. The van der Waals surface area contributed by atoms with Crippen molar-refractivity contribution in [2.75, 3.05) is 20.2 Å². The number of carbonyl (C=O) groups is 1. The Bertz CT molecular complexity index is 593. The second kappa shape index (κ2) is 6.99. The highest BCUT2D eigenvalue weighted by Gasteiger charge is 2.50. The van der Waals surface area contributed by atoms with Crippen molar-refractivity contribution < 1.29 is 9.53 Å². The van der Waals surface area contributed by atoms with E-state index in [4.69, 9.17) is 4.74 Å². The van der Waals surface area contributed by atoms with E-state index in [0.29, 0.717) is 13.1 Å². The SMILES string of the molecule is COc1ccccc1CCNC(=O)CNC12CC3CC(CC(C3)C1)C2. The number of ether oxygens (including phenoxy) is 1. The summed E-state index contributed by atoms with van der Waals surface area (Å²) < 4.78 is 5.36. The van der Waals surface area contributed by atoms with Gasteiger partial charge in [-0.3, -0.25) is 4.79 Å². The van der Waals surface area contributed by atoms with Crippen LogP contribution in [0.5, 0.6) is 5.75 Å². The molecular formula is C21H30N2O2. The lowest BCUT2D eigenvalue weighted by molar-refractivity contribution is -0.121. The van der Waals surface area contributed by atoms with Crippen LogP contribution >= 0.6 is 0 Å². The first-order valence-electron chi connectivity index (χ1n) is 9.79. The number of para-hydroxylation sites is 1. The molecule has 1 amide bonds. The molecule has 1 aromatic rings. The third-order valence-electron chi connectivity index (χ3n) is 6.57. The van der Waals surface area contributed by atoms with Crippen molar-refractivity contribution in [3.63, 3.8) is 0 Å². The third-order valence-corrected chi connectivity index (χ3v) is 6.57. The van der Waals surface area contributed by atoms with E-state index in [1.807, 2.05) is 18.2 Å². The minimum atomic E-state index is 0.116. The van der Waals surface area contributed by atoms with E-state index in [9.17, 15) is 4.79 Å². The molecule has 136 valence electrons. The van der Waals surface area contributed by atoms with Gasteiger partial charge in [0, 0.05) is 12.1 Å². The lowest BCUT2D eigenvalue weighted by Crippen LogP contribution is -2.59. The van der Waals surface area contributed by atoms with Crippen LogP contribution in [-0.2, 0) is 11.2 Å². The summed E-state index contributed by atoms with van der Waals surface area (Å²) in [5, 5.41) is 6.72. The number of carbonyl (C=O) groups excluding carboxylic acids is 1. The van der Waals surface area contributed by atoms with Crippen LogP contribution in [0.3, 0.4) is 0 Å². The van der Waals surface area contributed by atoms with Gasteiger partial charge in [-0.1, -0.05) is 18.2 Å². The highest BCUT2D eigenvalue weighted by molar-refractivity contribution is 5.78. The van der Waals surface area contributed by atoms with Crippen molar-refractivity contribution in [3.05, 3.63) is 29.8 Å². The lowest BCUT2D eigenvalue weighted by atomic mass is 9.53. The zero-order valence-electron chi connectivity index (χ0n) is 15.2. The van der Waals surface area contributed by atoms with Crippen LogP contribution in [0.4, 0.5) is 0 Å². The molecule has 0 aromatic heterocycles. The van der Waals surface area contributed by atoms with Crippen LogP contribution in [0.2, 0.25) is 0 Å². The third kappa shape index (κ3) is 3.69. The van der Waals surface area contributed by atoms with Gasteiger partial charge in [-0.25, -0.2) is 0 Å². The van der Waals surface area contributed by atoms with Gasteiger partial charge in [-0.15, -0.1) is 0 Å². The number of methoxy groups -OCH3 is 1. The molecule has 0 spiro atoms. The fourth-order valence-corrected chi connectivity index (χ4v) is 5.90. The van der Waals surface area contributed by atoms with Crippen LogP contribution in [0.15, 0.2) is 24.3 Å². The molecule has 4 bridgehead atoms. The van der Waals surface area contributed by atoms with Crippen LogP contribution in [0.1, 0.15) is 44.1 Å². The molecule has 4 saturated carbocycles. The van der Waals surface area contributed by atoms with Crippen molar-refractivity contribution >= 4 is 5.91 Å². The molecule has 4 aliphatic carbocycles. The Morgan fingerprint density at radius 1 is 1.12 bits per heavy atom. The highest BCUT2D eigenvalue weighted by atomic mass is 16.5. The maximum Gasteiger partial charge on any atom is 0.233 e. The van der Waals surface area contributed by atoms with Gasteiger partial charge in [-0.05, 0) is 74.3 Å². The first-order valence-corrected chi connectivity index (χ1v) is 9.79. The first kappa shape index (κ1) is 16.9. The van der Waals surface area contributed by atoms with E-state index in [1.54, 1.807) is 7.11 Å². The summed E-state index contributed by atoms with van der Waals surface area (Å²) in [6.45, 7) is 1.11. The number of nitrogens with one attached hydrogen (secondary N) is 2. The van der Waals surface area contributed by atoms with E-state index >= 15 is 0 Å². The molecule has 0 aliphatic heterocycles. The minimum absolute atomic E-state index is 0.116. The molecule has 0 saturated heterocycles. The number of amides is 1. The summed E-state index contributed by atoms with van der Waals surface area (Å²) in [4.78, 5) is 12.3. The van der Waals surface area contributed by atoms with Crippen molar-refractivity contribution in [3.8, 4) is 5.75 Å². The van der Waals surface area contributed by atoms with Gasteiger partial charge in [0.1, 0.15) is 5.75 Å².